The van der Waals surface area contributed by atoms with E-state index in [1.54, 1.807) is 6.92 Å². The number of hydrogen-bond donors (Lipinski definition) is 1. The van der Waals surface area contributed by atoms with Gasteiger partial charge < -0.3 is 9.84 Å². The summed E-state index contributed by atoms with van der Waals surface area (Å²) in [5.74, 6) is 0.929. The van der Waals surface area contributed by atoms with Crippen LogP contribution in [-0.2, 0) is 0 Å². The Morgan fingerprint density at radius 2 is 2.00 bits per heavy atom. The molecule has 1 rings (SSSR count). The minimum atomic E-state index is -0.796. The molecule has 1 N–H and O–H groups in total. The molecule has 0 radical (unpaired) electrons. The first-order valence-corrected chi connectivity index (χ1v) is 5.82. The van der Waals surface area contributed by atoms with Crippen molar-refractivity contribution in [1.82, 2.24) is 0 Å². The number of hydrogen-bond acceptors (Lipinski definition) is 2. The molecule has 0 aliphatic rings. The minimum Gasteiger partial charge on any atom is -0.489 e. The Bertz CT molecular complexity index is 321. The van der Waals surface area contributed by atoms with Crippen molar-refractivity contribution in [3.8, 4) is 5.75 Å². The lowest BCUT2D eigenvalue weighted by Crippen LogP contribution is -2.37. The van der Waals surface area contributed by atoms with Gasteiger partial charge in [-0.15, -0.1) is 0 Å². The van der Waals surface area contributed by atoms with Crippen LogP contribution in [0.3, 0.4) is 0 Å². The van der Waals surface area contributed by atoms with E-state index in [1.807, 2.05) is 38.1 Å². The first kappa shape index (κ1) is 12.5. The Hall–Kier alpha value is -0.540. The minimum absolute atomic E-state index is 0.167. The Kier molecular flexibility index (Phi) is 4.17. The molecule has 0 amide bonds. The topological polar surface area (TPSA) is 29.5 Å². The lowest BCUT2D eigenvalue weighted by molar-refractivity contribution is -0.0268. The third kappa shape index (κ3) is 3.50. The highest BCUT2D eigenvalue weighted by atomic mass is 79.9. The first-order chi connectivity index (χ1) is 6.93. The summed E-state index contributed by atoms with van der Waals surface area (Å²) in [6.07, 6.45) is 0. The van der Waals surface area contributed by atoms with Gasteiger partial charge in [0.25, 0.3) is 0 Å². The summed E-state index contributed by atoms with van der Waals surface area (Å²) in [4.78, 5) is 0. The molecule has 0 fully saturated rings. The molecule has 0 saturated carbocycles. The predicted octanol–water partition coefficient (Wildman–Crippen LogP) is 3.23. The molecular formula is C12H17BrO2. The third-order valence-electron chi connectivity index (χ3n) is 2.60. The zero-order valence-corrected chi connectivity index (χ0v) is 10.9. The Balaban J connectivity index is 2.62. The smallest absolute Gasteiger partial charge is 0.133 e. The van der Waals surface area contributed by atoms with Crippen molar-refractivity contribution in [1.29, 1.82) is 0 Å². The van der Waals surface area contributed by atoms with Gasteiger partial charge in [-0.1, -0.05) is 26.0 Å². The van der Waals surface area contributed by atoms with Crippen molar-refractivity contribution in [2.24, 2.45) is 5.92 Å². The molecule has 0 aliphatic carbocycles. The SMILES string of the molecule is CC(C)C(C)(O)COc1ccccc1Br. The van der Waals surface area contributed by atoms with Crippen LogP contribution in [0.25, 0.3) is 0 Å². The molecule has 3 heteroatoms. The van der Waals surface area contributed by atoms with Crippen molar-refractivity contribution in [2.75, 3.05) is 6.61 Å². The van der Waals surface area contributed by atoms with Crippen LogP contribution in [0, 0.1) is 5.92 Å². The van der Waals surface area contributed by atoms with Crippen LogP contribution in [-0.4, -0.2) is 17.3 Å². The highest BCUT2D eigenvalue weighted by Crippen LogP contribution is 2.26. The second kappa shape index (κ2) is 4.99. The Morgan fingerprint density at radius 1 is 1.40 bits per heavy atom. The highest BCUT2D eigenvalue weighted by Gasteiger charge is 2.25. The summed E-state index contributed by atoms with van der Waals surface area (Å²) in [5.41, 5.74) is -0.796. The lowest BCUT2D eigenvalue weighted by atomic mass is 9.94. The van der Waals surface area contributed by atoms with Gasteiger partial charge in [0.05, 0.1) is 10.1 Å². The van der Waals surface area contributed by atoms with E-state index >= 15 is 0 Å². The standard InChI is InChI=1S/C12H17BrO2/c1-9(2)12(3,14)8-15-11-7-5-4-6-10(11)13/h4-7,9,14H,8H2,1-3H3. The number of rotatable bonds is 4. The van der Waals surface area contributed by atoms with Crippen LogP contribution in [0.2, 0.25) is 0 Å². The van der Waals surface area contributed by atoms with E-state index in [0.717, 1.165) is 10.2 Å². The quantitative estimate of drug-likeness (QED) is 0.912. The molecule has 0 heterocycles. The number of halogens is 1. The van der Waals surface area contributed by atoms with E-state index in [9.17, 15) is 5.11 Å². The molecule has 2 nitrogen and oxygen atoms in total. The fourth-order valence-electron chi connectivity index (χ4n) is 0.952. The molecule has 0 bridgehead atoms. The van der Waals surface area contributed by atoms with E-state index in [-0.39, 0.29) is 5.92 Å². The molecule has 1 aromatic rings. The fourth-order valence-corrected chi connectivity index (χ4v) is 1.35. The molecule has 84 valence electrons. The summed E-state index contributed by atoms with van der Waals surface area (Å²) in [6.45, 7) is 6.04. The van der Waals surface area contributed by atoms with Gasteiger partial charge in [0, 0.05) is 0 Å². The average Bonchev–Trinajstić information content (AvgIpc) is 2.16. The molecule has 1 unspecified atom stereocenters. The van der Waals surface area contributed by atoms with Gasteiger partial charge >= 0.3 is 0 Å². The molecular weight excluding hydrogens is 256 g/mol. The summed E-state index contributed by atoms with van der Waals surface area (Å²) in [7, 11) is 0. The molecule has 0 spiro atoms. The van der Waals surface area contributed by atoms with Gasteiger partial charge in [-0.3, -0.25) is 0 Å². The summed E-state index contributed by atoms with van der Waals surface area (Å²) in [5, 5.41) is 10.0. The molecule has 1 atom stereocenters. The number of aliphatic hydroxyl groups is 1. The van der Waals surface area contributed by atoms with Crippen LogP contribution in [0.5, 0.6) is 5.75 Å². The maximum Gasteiger partial charge on any atom is 0.133 e. The maximum atomic E-state index is 10.0. The van der Waals surface area contributed by atoms with Gasteiger partial charge in [-0.25, -0.2) is 0 Å². The summed E-state index contributed by atoms with van der Waals surface area (Å²) < 4.78 is 6.47. The second-order valence-corrected chi connectivity index (χ2v) is 5.09. The lowest BCUT2D eigenvalue weighted by Gasteiger charge is -2.27. The van der Waals surface area contributed by atoms with Crippen molar-refractivity contribution < 1.29 is 9.84 Å². The molecule has 0 aromatic heterocycles. The second-order valence-electron chi connectivity index (χ2n) is 4.23. The van der Waals surface area contributed by atoms with E-state index in [1.165, 1.54) is 0 Å². The van der Waals surface area contributed by atoms with E-state index in [2.05, 4.69) is 15.9 Å². The van der Waals surface area contributed by atoms with Crippen molar-refractivity contribution >= 4 is 15.9 Å². The molecule has 0 aliphatic heterocycles. The summed E-state index contributed by atoms with van der Waals surface area (Å²) >= 11 is 3.39. The third-order valence-corrected chi connectivity index (χ3v) is 3.26. The van der Waals surface area contributed by atoms with Gasteiger partial charge in [0.1, 0.15) is 12.4 Å². The van der Waals surface area contributed by atoms with E-state index < -0.39 is 5.60 Å². The van der Waals surface area contributed by atoms with Crippen LogP contribution in [0.15, 0.2) is 28.7 Å². The molecule has 1 aromatic carbocycles. The van der Waals surface area contributed by atoms with Crippen LogP contribution < -0.4 is 4.74 Å². The average molecular weight is 273 g/mol. The molecule has 15 heavy (non-hydrogen) atoms. The normalized spacial score (nSPS) is 15.1. The summed E-state index contributed by atoms with van der Waals surface area (Å²) in [6, 6.07) is 7.63. The van der Waals surface area contributed by atoms with Gasteiger partial charge in [-0.05, 0) is 40.9 Å². The van der Waals surface area contributed by atoms with Crippen LogP contribution in [0.1, 0.15) is 20.8 Å². The monoisotopic (exact) mass is 272 g/mol. The van der Waals surface area contributed by atoms with Crippen LogP contribution >= 0.6 is 15.9 Å². The zero-order chi connectivity index (χ0) is 11.5. The highest BCUT2D eigenvalue weighted by molar-refractivity contribution is 9.10. The number of ether oxygens (including phenoxy) is 1. The zero-order valence-electron chi connectivity index (χ0n) is 9.33. The van der Waals surface area contributed by atoms with Crippen LogP contribution in [0.4, 0.5) is 0 Å². The largest absolute Gasteiger partial charge is 0.489 e. The first-order valence-electron chi connectivity index (χ1n) is 5.03. The number of para-hydroxylation sites is 1. The van der Waals surface area contributed by atoms with Gasteiger partial charge in [0.2, 0.25) is 0 Å². The maximum absolute atomic E-state index is 10.0. The predicted molar refractivity (Wildman–Crippen MR) is 65.1 cm³/mol. The van der Waals surface area contributed by atoms with E-state index in [4.69, 9.17) is 4.74 Å². The van der Waals surface area contributed by atoms with Gasteiger partial charge in [-0.2, -0.15) is 0 Å². The fraction of sp³-hybridized carbons (Fsp3) is 0.500. The number of benzene rings is 1. The van der Waals surface area contributed by atoms with Gasteiger partial charge in [0.15, 0.2) is 0 Å². The van der Waals surface area contributed by atoms with Crippen molar-refractivity contribution in [3.63, 3.8) is 0 Å². The van der Waals surface area contributed by atoms with E-state index in [0.29, 0.717) is 6.61 Å². The molecule has 0 saturated heterocycles. The van der Waals surface area contributed by atoms with Crippen molar-refractivity contribution in [2.45, 2.75) is 26.4 Å². The Morgan fingerprint density at radius 3 is 2.53 bits per heavy atom. The Labute approximate surface area is 99.4 Å². The van der Waals surface area contributed by atoms with Crippen molar-refractivity contribution in [3.05, 3.63) is 28.7 Å².